The molecule has 0 radical (unpaired) electrons. The highest BCUT2D eigenvalue weighted by Gasteiger charge is 2.48. The van der Waals surface area contributed by atoms with Gasteiger partial charge in [-0.15, -0.1) is 0 Å². The second kappa shape index (κ2) is 10.8. The highest BCUT2D eigenvalue weighted by molar-refractivity contribution is 5.94. The van der Waals surface area contributed by atoms with Crippen molar-refractivity contribution < 1.29 is 22.4 Å². The van der Waals surface area contributed by atoms with Crippen molar-refractivity contribution in [1.82, 2.24) is 19.6 Å². The summed E-state index contributed by atoms with van der Waals surface area (Å²) in [6, 6.07) is 15.5. The molecule has 0 N–H and O–H groups in total. The average Bonchev–Trinajstić information content (AvgIpc) is 3.71. The number of carbonyl (C=O) groups is 1. The highest BCUT2D eigenvalue weighted by atomic mass is 19.4. The smallest absolute Gasteiger partial charge is 0.336 e. The van der Waals surface area contributed by atoms with Crippen molar-refractivity contribution in [2.75, 3.05) is 26.2 Å². The topological polar surface area (TPSA) is 41.4 Å². The first kappa shape index (κ1) is 28.1. The molecular formula is C31H34F4N4O. The predicted octanol–water partition coefficient (Wildman–Crippen LogP) is 6.47. The third-order valence-corrected chi connectivity index (χ3v) is 8.03. The number of piperazine rings is 1. The van der Waals surface area contributed by atoms with E-state index in [1.54, 1.807) is 10.7 Å². The largest absolute Gasteiger partial charge is 0.397 e. The van der Waals surface area contributed by atoms with Crippen LogP contribution < -0.4 is 0 Å². The van der Waals surface area contributed by atoms with Crippen molar-refractivity contribution in [2.24, 2.45) is 0 Å². The van der Waals surface area contributed by atoms with Gasteiger partial charge in [-0.05, 0) is 74.6 Å². The Bertz CT molecular complexity index is 1400. The third-order valence-electron chi connectivity index (χ3n) is 8.03. The second-order valence-electron chi connectivity index (χ2n) is 11.3. The van der Waals surface area contributed by atoms with Crippen LogP contribution in [0.3, 0.4) is 0 Å². The number of benzene rings is 2. The first-order valence-corrected chi connectivity index (χ1v) is 13.6. The molecule has 5 nitrogen and oxygen atoms in total. The van der Waals surface area contributed by atoms with Crippen LogP contribution in [0.1, 0.15) is 65.1 Å². The normalized spacial score (nSPS) is 17.4. The van der Waals surface area contributed by atoms with Gasteiger partial charge in [-0.25, -0.2) is 4.39 Å². The fraction of sp³-hybridized carbons (Fsp3) is 0.419. The molecule has 2 aromatic carbocycles. The lowest BCUT2D eigenvalue weighted by Crippen LogP contribution is -2.49. The minimum Gasteiger partial charge on any atom is -0.336 e. The Kier molecular flexibility index (Phi) is 7.61. The van der Waals surface area contributed by atoms with E-state index >= 15 is 4.39 Å². The van der Waals surface area contributed by atoms with Crippen LogP contribution >= 0.6 is 0 Å². The number of aromatic nitrogens is 2. The van der Waals surface area contributed by atoms with Crippen molar-refractivity contribution in [3.05, 3.63) is 88.2 Å². The predicted molar refractivity (Wildman–Crippen MR) is 148 cm³/mol. The Morgan fingerprint density at radius 1 is 1.00 bits per heavy atom. The molecule has 212 valence electrons. The van der Waals surface area contributed by atoms with E-state index in [2.05, 4.69) is 10.00 Å². The number of alkyl halides is 3. The maximum Gasteiger partial charge on any atom is 0.397 e. The van der Waals surface area contributed by atoms with E-state index in [1.165, 1.54) is 43.2 Å². The zero-order chi connectivity index (χ0) is 28.7. The van der Waals surface area contributed by atoms with Gasteiger partial charge in [-0.3, -0.25) is 14.4 Å². The number of aryl methyl sites for hydroxylation is 1. The van der Waals surface area contributed by atoms with Crippen LogP contribution in [0.25, 0.3) is 11.9 Å². The van der Waals surface area contributed by atoms with Crippen LogP contribution in [-0.4, -0.2) is 63.9 Å². The van der Waals surface area contributed by atoms with Gasteiger partial charge in [-0.1, -0.05) is 36.4 Å². The molecule has 1 saturated carbocycles. The van der Waals surface area contributed by atoms with Gasteiger partial charge in [-0.2, -0.15) is 18.3 Å². The van der Waals surface area contributed by atoms with Gasteiger partial charge in [0.25, 0.3) is 5.91 Å². The van der Waals surface area contributed by atoms with Gasteiger partial charge in [0.05, 0.1) is 12.0 Å². The first-order chi connectivity index (χ1) is 18.9. The quantitative estimate of drug-likeness (QED) is 0.315. The van der Waals surface area contributed by atoms with E-state index in [-0.39, 0.29) is 17.2 Å². The van der Waals surface area contributed by atoms with E-state index in [0.717, 1.165) is 51.3 Å². The summed E-state index contributed by atoms with van der Waals surface area (Å²) in [6.45, 7) is 7.74. The monoisotopic (exact) mass is 554 g/mol. The lowest BCUT2D eigenvalue weighted by molar-refractivity contribution is -0.180. The molecule has 1 aliphatic heterocycles. The maximum atomic E-state index is 15.1. The molecule has 2 heterocycles. The first-order valence-electron chi connectivity index (χ1n) is 13.6. The molecule has 2 fully saturated rings. The molecule has 1 aromatic heterocycles. The number of hydrogen-bond acceptors (Lipinski definition) is 3. The Morgan fingerprint density at radius 3 is 2.30 bits per heavy atom. The minimum absolute atomic E-state index is 0.0220. The number of halogens is 4. The van der Waals surface area contributed by atoms with Crippen LogP contribution in [0.15, 0.2) is 54.6 Å². The number of nitrogens with zero attached hydrogens (tertiary/aromatic N) is 4. The van der Waals surface area contributed by atoms with Crippen molar-refractivity contribution in [3.8, 4) is 0 Å². The standard InChI is InChI=1S/C31H34F4N4O/c1-21-17-28(27(32)19-22-7-9-25(10-8-22)30(2,3)31(33,34)35)36-39(21)20-23-5-4-6-24(18-23)29(40)38-15-13-37(14-16-38)26-11-12-26/h4-10,17-19,26H,11-16,20H2,1-3H3/b27-19-. The van der Waals surface area contributed by atoms with Crippen LogP contribution in [0.2, 0.25) is 0 Å². The lowest BCUT2D eigenvalue weighted by atomic mass is 9.83. The zero-order valence-corrected chi connectivity index (χ0v) is 23.0. The number of carbonyl (C=O) groups excluding carboxylic acids is 1. The summed E-state index contributed by atoms with van der Waals surface area (Å²) in [4.78, 5) is 17.5. The molecule has 0 atom stereocenters. The summed E-state index contributed by atoms with van der Waals surface area (Å²) >= 11 is 0. The van der Waals surface area contributed by atoms with Gasteiger partial charge in [0, 0.05) is 43.5 Å². The summed E-state index contributed by atoms with van der Waals surface area (Å²) in [5.41, 5.74) is 0.940. The van der Waals surface area contributed by atoms with Crippen LogP contribution in [0.4, 0.5) is 17.6 Å². The molecule has 3 aromatic rings. The lowest BCUT2D eigenvalue weighted by Gasteiger charge is -2.34. The number of amides is 1. The maximum absolute atomic E-state index is 15.1. The van der Waals surface area contributed by atoms with E-state index in [9.17, 15) is 18.0 Å². The fourth-order valence-electron chi connectivity index (χ4n) is 5.05. The van der Waals surface area contributed by atoms with Gasteiger partial charge in [0.15, 0.2) is 5.83 Å². The van der Waals surface area contributed by atoms with Gasteiger partial charge >= 0.3 is 6.18 Å². The van der Waals surface area contributed by atoms with Crippen LogP contribution in [-0.2, 0) is 12.0 Å². The Hall–Kier alpha value is -3.46. The van der Waals surface area contributed by atoms with Crippen molar-refractivity contribution in [2.45, 2.75) is 57.8 Å². The Morgan fingerprint density at radius 2 is 1.68 bits per heavy atom. The molecule has 5 rings (SSSR count). The second-order valence-corrected chi connectivity index (χ2v) is 11.3. The molecule has 1 aliphatic carbocycles. The number of rotatable bonds is 7. The van der Waals surface area contributed by atoms with Gasteiger partial charge < -0.3 is 4.90 Å². The van der Waals surface area contributed by atoms with Crippen LogP contribution in [0, 0.1) is 6.92 Å². The molecule has 1 saturated heterocycles. The van der Waals surface area contributed by atoms with Crippen LogP contribution in [0.5, 0.6) is 0 Å². The molecule has 40 heavy (non-hydrogen) atoms. The van der Waals surface area contributed by atoms with Gasteiger partial charge in [0.1, 0.15) is 5.69 Å². The summed E-state index contributed by atoms with van der Waals surface area (Å²) in [5, 5.41) is 4.41. The third kappa shape index (κ3) is 5.99. The van der Waals surface area contributed by atoms with Crippen molar-refractivity contribution >= 4 is 17.8 Å². The fourth-order valence-corrected chi connectivity index (χ4v) is 5.05. The summed E-state index contributed by atoms with van der Waals surface area (Å²) < 4.78 is 56.8. The molecule has 1 amide bonds. The molecule has 0 spiro atoms. The van der Waals surface area contributed by atoms with Crippen molar-refractivity contribution in [3.63, 3.8) is 0 Å². The van der Waals surface area contributed by atoms with E-state index in [0.29, 0.717) is 23.7 Å². The summed E-state index contributed by atoms with van der Waals surface area (Å²) in [7, 11) is 0. The highest BCUT2D eigenvalue weighted by Crippen LogP contribution is 2.40. The molecule has 2 aliphatic rings. The van der Waals surface area contributed by atoms with E-state index < -0.39 is 17.4 Å². The molecular weight excluding hydrogens is 520 g/mol. The van der Waals surface area contributed by atoms with Crippen molar-refractivity contribution in [1.29, 1.82) is 0 Å². The van der Waals surface area contributed by atoms with Gasteiger partial charge in [0.2, 0.25) is 0 Å². The zero-order valence-electron chi connectivity index (χ0n) is 23.0. The molecule has 0 bridgehead atoms. The number of hydrogen-bond donors (Lipinski definition) is 0. The van der Waals surface area contributed by atoms with E-state index in [1.807, 2.05) is 36.1 Å². The Labute approximate surface area is 232 Å². The average molecular weight is 555 g/mol. The minimum atomic E-state index is -4.39. The summed E-state index contributed by atoms with van der Waals surface area (Å²) in [6.07, 6.45) is -0.598. The van der Waals surface area contributed by atoms with E-state index in [4.69, 9.17) is 0 Å². The summed E-state index contributed by atoms with van der Waals surface area (Å²) in [5.74, 6) is -0.562. The molecule has 0 unspecified atom stereocenters. The SMILES string of the molecule is Cc1cc(/C(F)=C/c2ccc(C(C)(C)C(F)(F)F)cc2)nn1Cc1cccc(C(=O)N2CCN(C3CC3)CC2)c1. The molecule has 9 heteroatoms. The Balaban J connectivity index is 1.25.